The SMILES string of the molecule is CC(Cc1ccc(O)cc1)NCCC(c1ccccc1)c1ccccc1.Cl. The van der Waals surface area contributed by atoms with Gasteiger partial charge in [-0.25, -0.2) is 0 Å². The summed E-state index contributed by atoms with van der Waals surface area (Å²) in [6.45, 7) is 3.18. The van der Waals surface area contributed by atoms with Crippen molar-refractivity contribution in [2.45, 2.75) is 31.7 Å². The van der Waals surface area contributed by atoms with Crippen LogP contribution in [0.3, 0.4) is 0 Å². The fourth-order valence-corrected chi connectivity index (χ4v) is 3.43. The van der Waals surface area contributed by atoms with E-state index in [9.17, 15) is 5.11 Å². The zero-order chi connectivity index (χ0) is 18.2. The monoisotopic (exact) mass is 381 g/mol. The number of phenols is 1. The van der Waals surface area contributed by atoms with E-state index in [1.54, 1.807) is 12.1 Å². The van der Waals surface area contributed by atoms with Crippen LogP contribution < -0.4 is 5.32 Å². The number of phenolic OH excluding ortho intramolecular Hbond substituents is 1. The highest BCUT2D eigenvalue weighted by atomic mass is 35.5. The van der Waals surface area contributed by atoms with E-state index in [1.165, 1.54) is 16.7 Å². The molecule has 0 aliphatic rings. The van der Waals surface area contributed by atoms with Crippen LogP contribution in [0.15, 0.2) is 84.9 Å². The molecular weight excluding hydrogens is 354 g/mol. The van der Waals surface area contributed by atoms with Crippen molar-refractivity contribution in [2.75, 3.05) is 6.54 Å². The number of aromatic hydroxyl groups is 1. The molecule has 3 aromatic rings. The van der Waals surface area contributed by atoms with Gasteiger partial charge >= 0.3 is 0 Å². The lowest BCUT2D eigenvalue weighted by atomic mass is 9.88. The van der Waals surface area contributed by atoms with E-state index in [2.05, 4.69) is 72.9 Å². The zero-order valence-corrected chi connectivity index (χ0v) is 16.5. The van der Waals surface area contributed by atoms with Crippen LogP contribution in [-0.4, -0.2) is 17.7 Å². The first-order chi connectivity index (χ1) is 12.7. The van der Waals surface area contributed by atoms with E-state index in [1.807, 2.05) is 12.1 Å². The Morgan fingerprint density at radius 3 is 1.81 bits per heavy atom. The molecule has 0 bridgehead atoms. The largest absolute Gasteiger partial charge is 0.508 e. The number of rotatable bonds is 8. The summed E-state index contributed by atoms with van der Waals surface area (Å²) in [7, 11) is 0. The third-order valence-electron chi connectivity index (χ3n) is 4.81. The summed E-state index contributed by atoms with van der Waals surface area (Å²) in [5.74, 6) is 0.730. The van der Waals surface area contributed by atoms with Crippen LogP contribution in [0.25, 0.3) is 0 Å². The second kappa shape index (κ2) is 10.8. The van der Waals surface area contributed by atoms with Gasteiger partial charge < -0.3 is 10.4 Å². The minimum absolute atomic E-state index is 0. The molecular formula is C24H28ClNO. The first-order valence-corrected chi connectivity index (χ1v) is 9.33. The average Bonchev–Trinajstić information content (AvgIpc) is 2.68. The summed E-state index contributed by atoms with van der Waals surface area (Å²) < 4.78 is 0. The Balaban J connectivity index is 0.00000261. The van der Waals surface area contributed by atoms with Crippen molar-refractivity contribution in [1.29, 1.82) is 0 Å². The number of benzene rings is 3. The summed E-state index contributed by atoms with van der Waals surface area (Å²) in [5.41, 5.74) is 3.98. The van der Waals surface area contributed by atoms with Gasteiger partial charge in [0.15, 0.2) is 0 Å². The Morgan fingerprint density at radius 1 is 0.778 bits per heavy atom. The van der Waals surface area contributed by atoms with Gasteiger partial charge in [-0.1, -0.05) is 72.8 Å². The maximum absolute atomic E-state index is 9.39. The van der Waals surface area contributed by atoms with Crippen molar-refractivity contribution in [3.8, 4) is 5.75 Å². The summed E-state index contributed by atoms with van der Waals surface area (Å²) in [6, 6.07) is 29.4. The van der Waals surface area contributed by atoms with Crippen LogP contribution >= 0.6 is 12.4 Å². The Kier molecular flexibility index (Phi) is 8.38. The van der Waals surface area contributed by atoms with Gasteiger partial charge in [-0.2, -0.15) is 0 Å². The molecule has 3 rings (SSSR count). The molecule has 1 unspecified atom stereocenters. The van der Waals surface area contributed by atoms with Gasteiger partial charge in [-0.05, 0) is 55.1 Å². The van der Waals surface area contributed by atoms with Gasteiger partial charge in [0.05, 0.1) is 0 Å². The van der Waals surface area contributed by atoms with Crippen LogP contribution in [0, 0.1) is 0 Å². The lowest BCUT2D eigenvalue weighted by molar-refractivity contribution is 0.474. The Bertz CT molecular complexity index is 735. The summed E-state index contributed by atoms with van der Waals surface area (Å²) in [6.07, 6.45) is 2.02. The normalized spacial score (nSPS) is 11.8. The van der Waals surface area contributed by atoms with Crippen molar-refractivity contribution in [2.24, 2.45) is 0 Å². The van der Waals surface area contributed by atoms with Crippen LogP contribution in [0.5, 0.6) is 5.75 Å². The topological polar surface area (TPSA) is 32.3 Å². The van der Waals surface area contributed by atoms with Crippen molar-refractivity contribution in [1.82, 2.24) is 5.32 Å². The van der Waals surface area contributed by atoms with E-state index in [4.69, 9.17) is 0 Å². The molecule has 1 atom stereocenters. The molecule has 3 heteroatoms. The molecule has 142 valence electrons. The molecule has 0 amide bonds. The van der Waals surface area contributed by atoms with Gasteiger partial charge in [-0.15, -0.1) is 12.4 Å². The van der Waals surface area contributed by atoms with Crippen LogP contribution in [0.1, 0.15) is 36.0 Å². The predicted molar refractivity (Wildman–Crippen MR) is 116 cm³/mol. The third kappa shape index (κ3) is 6.42. The highest BCUT2D eigenvalue weighted by Gasteiger charge is 2.14. The van der Waals surface area contributed by atoms with Crippen LogP contribution in [0.4, 0.5) is 0 Å². The van der Waals surface area contributed by atoms with Crippen molar-refractivity contribution in [3.05, 3.63) is 102 Å². The lowest BCUT2D eigenvalue weighted by Crippen LogP contribution is -2.30. The molecule has 3 aromatic carbocycles. The maximum Gasteiger partial charge on any atom is 0.115 e. The van der Waals surface area contributed by atoms with Crippen molar-refractivity contribution >= 4 is 12.4 Å². The van der Waals surface area contributed by atoms with E-state index >= 15 is 0 Å². The Hall–Kier alpha value is -2.29. The molecule has 0 fully saturated rings. The molecule has 2 N–H and O–H groups in total. The maximum atomic E-state index is 9.39. The van der Waals surface area contributed by atoms with Crippen LogP contribution in [-0.2, 0) is 6.42 Å². The molecule has 2 nitrogen and oxygen atoms in total. The van der Waals surface area contributed by atoms with Gasteiger partial charge in [0.25, 0.3) is 0 Å². The van der Waals surface area contributed by atoms with Gasteiger partial charge in [0, 0.05) is 12.0 Å². The fourth-order valence-electron chi connectivity index (χ4n) is 3.43. The minimum atomic E-state index is 0. The zero-order valence-electron chi connectivity index (χ0n) is 15.7. The number of hydrogen-bond donors (Lipinski definition) is 2. The fraction of sp³-hybridized carbons (Fsp3) is 0.250. The molecule has 0 aromatic heterocycles. The number of halogens is 1. The molecule has 0 aliphatic carbocycles. The first-order valence-electron chi connectivity index (χ1n) is 9.33. The van der Waals surface area contributed by atoms with Crippen molar-refractivity contribution in [3.63, 3.8) is 0 Å². The summed E-state index contributed by atoms with van der Waals surface area (Å²) >= 11 is 0. The predicted octanol–water partition coefficient (Wildman–Crippen LogP) is 5.56. The Morgan fingerprint density at radius 2 is 1.30 bits per heavy atom. The highest BCUT2D eigenvalue weighted by molar-refractivity contribution is 5.85. The second-order valence-electron chi connectivity index (χ2n) is 6.89. The van der Waals surface area contributed by atoms with E-state index in [0.29, 0.717) is 17.7 Å². The Labute approximate surface area is 168 Å². The van der Waals surface area contributed by atoms with Gasteiger partial charge in [0.1, 0.15) is 5.75 Å². The van der Waals surface area contributed by atoms with E-state index < -0.39 is 0 Å². The standard InChI is InChI=1S/C24H27NO.ClH/c1-19(18-20-12-14-23(26)15-13-20)25-17-16-24(21-8-4-2-5-9-21)22-10-6-3-7-11-22;/h2-15,19,24-26H,16-18H2,1H3;1H. The van der Waals surface area contributed by atoms with Crippen molar-refractivity contribution < 1.29 is 5.11 Å². The smallest absolute Gasteiger partial charge is 0.115 e. The van der Waals surface area contributed by atoms with Gasteiger partial charge in [-0.3, -0.25) is 0 Å². The number of nitrogens with one attached hydrogen (secondary N) is 1. The molecule has 27 heavy (non-hydrogen) atoms. The summed E-state index contributed by atoms with van der Waals surface area (Å²) in [5, 5.41) is 13.0. The van der Waals surface area contributed by atoms with Gasteiger partial charge in [0.2, 0.25) is 0 Å². The molecule has 0 saturated carbocycles. The molecule has 0 radical (unpaired) electrons. The third-order valence-corrected chi connectivity index (χ3v) is 4.81. The average molecular weight is 382 g/mol. The molecule has 0 aliphatic heterocycles. The minimum Gasteiger partial charge on any atom is -0.508 e. The number of hydrogen-bond acceptors (Lipinski definition) is 2. The molecule has 0 saturated heterocycles. The van der Waals surface area contributed by atoms with E-state index in [-0.39, 0.29) is 12.4 Å². The van der Waals surface area contributed by atoms with E-state index in [0.717, 1.165) is 19.4 Å². The first kappa shape index (κ1) is 21.0. The van der Waals surface area contributed by atoms with Crippen LogP contribution in [0.2, 0.25) is 0 Å². The molecule has 0 spiro atoms. The summed E-state index contributed by atoms with van der Waals surface area (Å²) in [4.78, 5) is 0. The second-order valence-corrected chi connectivity index (χ2v) is 6.89. The molecule has 0 heterocycles. The lowest BCUT2D eigenvalue weighted by Gasteiger charge is -2.20. The quantitative estimate of drug-likeness (QED) is 0.535. The highest BCUT2D eigenvalue weighted by Crippen LogP contribution is 2.27.